The lowest BCUT2D eigenvalue weighted by molar-refractivity contribution is -0.422. The second-order valence-corrected chi connectivity index (χ2v) is 7.46. The van der Waals surface area contributed by atoms with Gasteiger partial charge in [-0.15, -0.1) is 0 Å². The van der Waals surface area contributed by atoms with Crippen molar-refractivity contribution in [3.8, 4) is 34.3 Å². The Balaban J connectivity index is 1.80. The van der Waals surface area contributed by atoms with Crippen LogP contribution in [0.15, 0.2) is 45.6 Å². The molecule has 0 saturated carbocycles. The van der Waals surface area contributed by atoms with Gasteiger partial charge >= 0.3 is 5.97 Å². The number of aliphatic hydroxyl groups excluding tert-OH is 4. The monoisotopic (exact) mass is 464 g/mol. The van der Waals surface area contributed by atoms with Crippen LogP contribution in [0, 0.1) is 0 Å². The Morgan fingerprint density at radius 2 is 1.64 bits per heavy atom. The minimum Gasteiger partial charge on any atom is -0.508 e. The van der Waals surface area contributed by atoms with E-state index in [0.29, 0.717) is 5.56 Å². The molecule has 1 aliphatic rings. The maximum atomic E-state index is 12.6. The number of hydrogen-bond acceptors (Lipinski definition) is 12. The van der Waals surface area contributed by atoms with Crippen LogP contribution in [0.5, 0.6) is 23.0 Å². The third-order valence-electron chi connectivity index (χ3n) is 5.27. The first-order valence-corrected chi connectivity index (χ1v) is 9.62. The average molecular weight is 464 g/mol. The Morgan fingerprint density at radius 1 is 0.970 bits per heavy atom. The second kappa shape index (κ2) is 8.19. The molecule has 1 aromatic heterocycles. The SMILES string of the molecule is O=c1cc(-c2ccc(O)cc2)oc2cc(O[C@@]3(O)O[C@H](CO)[C@@H](O)[C@H](O)[C@H]3O)c(O)c(O)c12. The van der Waals surface area contributed by atoms with Crippen molar-refractivity contribution in [3.63, 3.8) is 0 Å². The van der Waals surface area contributed by atoms with E-state index >= 15 is 0 Å². The van der Waals surface area contributed by atoms with Crippen LogP contribution in [0.2, 0.25) is 0 Å². The number of phenols is 3. The van der Waals surface area contributed by atoms with Gasteiger partial charge in [0.1, 0.15) is 40.8 Å². The van der Waals surface area contributed by atoms with Crippen LogP contribution in [0.3, 0.4) is 0 Å². The van der Waals surface area contributed by atoms with Crippen molar-refractivity contribution in [2.45, 2.75) is 30.4 Å². The van der Waals surface area contributed by atoms with Crippen LogP contribution in [-0.4, -0.2) is 77.8 Å². The molecule has 0 bridgehead atoms. The summed E-state index contributed by atoms with van der Waals surface area (Å²) in [5, 5.41) is 79.5. The van der Waals surface area contributed by atoms with E-state index < -0.39 is 65.1 Å². The molecule has 1 fully saturated rings. The molecule has 2 heterocycles. The lowest BCUT2D eigenvalue weighted by atomic mass is 9.98. The fourth-order valence-corrected chi connectivity index (χ4v) is 3.48. The Kier molecular flexibility index (Phi) is 5.66. The van der Waals surface area contributed by atoms with Crippen LogP contribution in [0.25, 0.3) is 22.3 Å². The summed E-state index contributed by atoms with van der Waals surface area (Å²) in [5.41, 5.74) is -0.622. The summed E-state index contributed by atoms with van der Waals surface area (Å²) in [6.07, 6.45) is -7.60. The molecular formula is C21H20O12. The van der Waals surface area contributed by atoms with Gasteiger partial charge in [0.2, 0.25) is 5.75 Å². The fraction of sp³-hybridized carbons (Fsp3) is 0.286. The van der Waals surface area contributed by atoms with Crippen molar-refractivity contribution in [1.29, 1.82) is 0 Å². The largest absolute Gasteiger partial charge is 0.508 e. The predicted octanol–water partition coefficient (Wildman–Crippen LogP) is -0.925. The zero-order valence-electron chi connectivity index (χ0n) is 16.7. The standard InChI is InChI=1S/C21H20O12/c22-7-14-17(26)19(28)20(29)21(30,33-14)32-13-6-12-15(18(27)16(13)25)10(24)5-11(31-12)8-1-3-9(23)4-2-8/h1-6,14,17,19-20,22-23,25-30H,7H2/t14-,17-,19+,20-,21-/m1/s1. The van der Waals surface area contributed by atoms with E-state index in [1.165, 1.54) is 24.3 Å². The molecule has 0 aliphatic carbocycles. The minimum absolute atomic E-state index is 0.0205. The Bertz CT molecular complexity index is 1230. The quantitative estimate of drug-likeness (QED) is 0.174. The van der Waals surface area contributed by atoms with Crippen LogP contribution in [0.1, 0.15) is 0 Å². The number of ether oxygens (including phenoxy) is 2. The van der Waals surface area contributed by atoms with Gasteiger partial charge in [0.15, 0.2) is 23.0 Å². The zero-order valence-corrected chi connectivity index (χ0v) is 16.7. The highest BCUT2D eigenvalue weighted by Crippen LogP contribution is 2.44. The van der Waals surface area contributed by atoms with E-state index in [4.69, 9.17) is 13.9 Å². The smallest absolute Gasteiger partial charge is 0.355 e. The second-order valence-electron chi connectivity index (χ2n) is 7.46. The topological polar surface area (TPSA) is 211 Å². The molecule has 12 nitrogen and oxygen atoms in total. The van der Waals surface area contributed by atoms with E-state index in [1.54, 1.807) is 0 Å². The summed E-state index contributed by atoms with van der Waals surface area (Å²) in [7, 11) is 0. The van der Waals surface area contributed by atoms with Gasteiger partial charge < -0.3 is 54.7 Å². The van der Waals surface area contributed by atoms with Gasteiger partial charge in [-0.2, -0.15) is 0 Å². The Morgan fingerprint density at radius 3 is 2.27 bits per heavy atom. The lowest BCUT2D eigenvalue weighted by Gasteiger charge is -2.44. The number of hydrogen-bond donors (Lipinski definition) is 8. The summed E-state index contributed by atoms with van der Waals surface area (Å²) in [5.74, 6) is -5.74. The highest BCUT2D eigenvalue weighted by Gasteiger charge is 2.55. The van der Waals surface area contributed by atoms with Crippen LogP contribution < -0.4 is 10.2 Å². The van der Waals surface area contributed by atoms with E-state index in [-0.39, 0.29) is 17.1 Å². The average Bonchev–Trinajstić information content (AvgIpc) is 2.78. The summed E-state index contributed by atoms with van der Waals surface area (Å²) < 4.78 is 15.7. The number of fused-ring (bicyclic) bond motifs is 1. The summed E-state index contributed by atoms with van der Waals surface area (Å²) in [4.78, 5) is 12.6. The van der Waals surface area contributed by atoms with Crippen molar-refractivity contribution in [1.82, 2.24) is 0 Å². The minimum atomic E-state index is -3.07. The number of benzene rings is 2. The molecule has 4 rings (SSSR count). The first-order chi connectivity index (χ1) is 15.6. The molecule has 0 spiro atoms. The van der Waals surface area contributed by atoms with Crippen molar-refractivity contribution in [2.24, 2.45) is 0 Å². The normalized spacial score (nSPS) is 27.5. The molecule has 8 N–H and O–H groups in total. The van der Waals surface area contributed by atoms with Crippen molar-refractivity contribution in [3.05, 3.63) is 46.6 Å². The van der Waals surface area contributed by atoms with Gasteiger partial charge in [0.25, 0.3) is 0 Å². The summed E-state index contributed by atoms with van der Waals surface area (Å²) >= 11 is 0. The molecule has 1 aliphatic heterocycles. The molecule has 176 valence electrons. The zero-order chi connectivity index (χ0) is 24.1. The molecule has 1 saturated heterocycles. The van der Waals surface area contributed by atoms with Crippen molar-refractivity contribution in [2.75, 3.05) is 6.61 Å². The van der Waals surface area contributed by atoms with Crippen molar-refractivity contribution >= 4 is 11.0 Å². The van der Waals surface area contributed by atoms with Crippen LogP contribution in [0.4, 0.5) is 0 Å². The van der Waals surface area contributed by atoms with E-state index in [1.807, 2.05) is 0 Å². The number of aliphatic hydroxyl groups is 5. The maximum absolute atomic E-state index is 12.6. The third kappa shape index (κ3) is 3.84. The van der Waals surface area contributed by atoms with Crippen molar-refractivity contribution < 1.29 is 54.7 Å². The molecule has 2 aromatic carbocycles. The van der Waals surface area contributed by atoms with Gasteiger partial charge in [-0.3, -0.25) is 4.79 Å². The molecule has 12 heteroatoms. The highest BCUT2D eigenvalue weighted by atomic mass is 16.8. The molecule has 33 heavy (non-hydrogen) atoms. The van der Waals surface area contributed by atoms with E-state index in [9.17, 15) is 45.6 Å². The number of aromatic hydroxyl groups is 3. The Labute approximate surface area is 184 Å². The number of rotatable bonds is 4. The van der Waals surface area contributed by atoms with Gasteiger partial charge in [-0.1, -0.05) is 0 Å². The molecule has 0 amide bonds. The molecular weight excluding hydrogens is 444 g/mol. The summed E-state index contributed by atoms with van der Waals surface area (Å²) in [6.45, 7) is -0.865. The van der Waals surface area contributed by atoms with E-state index in [0.717, 1.165) is 12.1 Å². The van der Waals surface area contributed by atoms with Crippen LogP contribution >= 0.6 is 0 Å². The van der Waals surface area contributed by atoms with E-state index in [2.05, 4.69) is 0 Å². The van der Waals surface area contributed by atoms with Gasteiger partial charge in [0, 0.05) is 17.7 Å². The van der Waals surface area contributed by atoms with Crippen LogP contribution in [-0.2, 0) is 4.74 Å². The highest BCUT2D eigenvalue weighted by molar-refractivity contribution is 5.89. The Hall–Kier alpha value is -3.39. The molecule has 3 aromatic rings. The first kappa shape index (κ1) is 22.8. The van der Waals surface area contributed by atoms with Gasteiger partial charge in [-0.25, -0.2) is 0 Å². The first-order valence-electron chi connectivity index (χ1n) is 9.62. The molecule has 0 unspecified atom stereocenters. The predicted molar refractivity (Wildman–Crippen MR) is 108 cm³/mol. The fourth-order valence-electron chi connectivity index (χ4n) is 3.48. The maximum Gasteiger partial charge on any atom is 0.355 e. The summed E-state index contributed by atoms with van der Waals surface area (Å²) in [6, 6.07) is 7.63. The number of phenolic OH excluding ortho intramolecular Hbond substituents is 3. The van der Waals surface area contributed by atoms with Gasteiger partial charge in [0.05, 0.1) is 6.61 Å². The third-order valence-corrected chi connectivity index (χ3v) is 5.27. The molecule has 5 atom stereocenters. The molecule has 0 radical (unpaired) electrons. The van der Waals surface area contributed by atoms with Gasteiger partial charge in [-0.05, 0) is 24.3 Å². The lowest BCUT2D eigenvalue weighted by Crippen LogP contribution is -2.67.